The van der Waals surface area contributed by atoms with Gasteiger partial charge in [0.25, 0.3) is 0 Å². The lowest BCUT2D eigenvalue weighted by Crippen LogP contribution is -2.45. The Morgan fingerprint density at radius 1 is 0.642 bits per heavy atom. The molecule has 0 heterocycles. The Kier molecular flexibility index (Phi) is 34.7. The fraction of sp³-hybridized carbons (Fsp3) is 0.750. The van der Waals surface area contributed by atoms with Gasteiger partial charge in [-0.1, -0.05) is 139 Å². The first-order valence-corrected chi connectivity index (χ1v) is 22.7. The van der Waals surface area contributed by atoms with Gasteiger partial charge in [0.2, 0.25) is 5.91 Å². The number of rotatable bonds is 37. The van der Waals surface area contributed by atoms with Gasteiger partial charge in [0.15, 0.2) is 0 Å². The van der Waals surface area contributed by atoms with E-state index in [1.807, 2.05) is 27.2 Å². The molecular formula is C44H82N2O6P+. The van der Waals surface area contributed by atoms with Gasteiger partial charge in [-0.2, -0.15) is 0 Å². The summed E-state index contributed by atoms with van der Waals surface area (Å²) in [5.41, 5.74) is 0. The number of likely N-dealkylation sites (N-methyl/N-ethyl adjacent to an activating group) is 1. The summed E-state index contributed by atoms with van der Waals surface area (Å²) in [6.45, 7) is 4.71. The molecule has 0 radical (unpaired) electrons. The summed E-state index contributed by atoms with van der Waals surface area (Å²) in [4.78, 5) is 23.1. The number of aliphatic hydroxyl groups excluding tert-OH is 1. The minimum atomic E-state index is -4.35. The van der Waals surface area contributed by atoms with Gasteiger partial charge in [-0.25, -0.2) is 4.57 Å². The van der Waals surface area contributed by atoms with Gasteiger partial charge < -0.3 is 19.8 Å². The minimum Gasteiger partial charge on any atom is -0.387 e. The standard InChI is InChI=1S/C44H81N2O6P/c1-6-8-10-12-14-16-18-20-22-24-25-27-29-31-33-35-37-43(47)42(41-52-53(49,50)51-40-39-46(3,4)5)45-44(48)38-36-34-32-30-28-26-23-21-19-17-15-13-11-9-7-2/h15,17,20-23,27,29,35,37,42-43,47H,6-14,16,18-19,24-26,28,30-34,36,38-41H2,1-5H3,(H-,45,48,49,50)/p+1/b17-15-,22-20+,23-21-,29-27+,37-35+. The molecule has 1 amide bonds. The first-order chi connectivity index (χ1) is 25.5. The van der Waals surface area contributed by atoms with Crippen molar-refractivity contribution in [1.82, 2.24) is 5.32 Å². The number of quaternary nitrogens is 1. The van der Waals surface area contributed by atoms with E-state index in [0.717, 1.165) is 70.6 Å². The molecule has 308 valence electrons. The molecule has 3 N–H and O–H groups in total. The van der Waals surface area contributed by atoms with Crippen LogP contribution in [0.2, 0.25) is 0 Å². The third-order valence-corrected chi connectivity index (χ3v) is 9.92. The monoisotopic (exact) mass is 766 g/mol. The predicted octanol–water partition coefficient (Wildman–Crippen LogP) is 11.5. The van der Waals surface area contributed by atoms with Crippen LogP contribution in [0.15, 0.2) is 60.8 Å². The first kappa shape index (κ1) is 51.2. The second-order valence-corrected chi connectivity index (χ2v) is 16.8. The number of carbonyl (C=O) groups is 1. The van der Waals surface area contributed by atoms with Crippen LogP contribution in [0.1, 0.15) is 162 Å². The Balaban J connectivity index is 4.60. The first-order valence-electron chi connectivity index (χ1n) is 21.2. The molecule has 3 atom stereocenters. The van der Waals surface area contributed by atoms with E-state index in [1.165, 1.54) is 70.6 Å². The highest BCUT2D eigenvalue weighted by atomic mass is 31.2. The van der Waals surface area contributed by atoms with Crippen LogP contribution in [0.4, 0.5) is 0 Å². The van der Waals surface area contributed by atoms with Crippen LogP contribution in [-0.4, -0.2) is 73.4 Å². The van der Waals surface area contributed by atoms with Gasteiger partial charge in [-0.05, 0) is 77.0 Å². The van der Waals surface area contributed by atoms with E-state index >= 15 is 0 Å². The van der Waals surface area contributed by atoms with Crippen molar-refractivity contribution in [1.29, 1.82) is 0 Å². The van der Waals surface area contributed by atoms with Crippen LogP contribution in [0, 0.1) is 0 Å². The minimum absolute atomic E-state index is 0.0482. The molecule has 0 saturated heterocycles. The number of carbonyl (C=O) groups excluding carboxylic acids is 1. The van der Waals surface area contributed by atoms with E-state index in [2.05, 4.69) is 67.8 Å². The number of hydrogen-bond donors (Lipinski definition) is 3. The zero-order chi connectivity index (χ0) is 39.3. The van der Waals surface area contributed by atoms with Crippen LogP contribution in [-0.2, 0) is 18.4 Å². The summed E-state index contributed by atoms with van der Waals surface area (Å²) in [6.07, 6.45) is 45.7. The summed E-state index contributed by atoms with van der Waals surface area (Å²) >= 11 is 0. The van der Waals surface area contributed by atoms with E-state index < -0.39 is 20.0 Å². The molecule has 8 nitrogen and oxygen atoms in total. The average molecular weight is 766 g/mol. The number of phosphoric ester groups is 1. The molecule has 0 rings (SSSR count). The summed E-state index contributed by atoms with van der Waals surface area (Å²) in [6, 6.07) is -0.877. The molecule has 9 heteroatoms. The molecule has 0 aromatic rings. The molecule has 0 aromatic heterocycles. The van der Waals surface area contributed by atoms with E-state index in [9.17, 15) is 19.4 Å². The van der Waals surface area contributed by atoms with Crippen LogP contribution in [0.5, 0.6) is 0 Å². The lowest BCUT2D eigenvalue weighted by atomic mass is 10.1. The lowest BCUT2D eigenvalue weighted by Gasteiger charge is -2.25. The van der Waals surface area contributed by atoms with Crippen molar-refractivity contribution in [2.75, 3.05) is 40.9 Å². The number of amides is 1. The zero-order valence-electron chi connectivity index (χ0n) is 34.7. The van der Waals surface area contributed by atoms with E-state index in [1.54, 1.807) is 6.08 Å². The molecule has 0 aliphatic rings. The Bertz CT molecular complexity index is 1050. The Morgan fingerprint density at radius 2 is 1.09 bits per heavy atom. The normalized spacial score (nSPS) is 15.1. The highest BCUT2D eigenvalue weighted by molar-refractivity contribution is 7.47. The van der Waals surface area contributed by atoms with Crippen molar-refractivity contribution in [3.63, 3.8) is 0 Å². The molecule has 0 aromatic carbocycles. The number of aliphatic hydroxyl groups is 1. The van der Waals surface area contributed by atoms with Crippen molar-refractivity contribution in [2.45, 2.75) is 174 Å². The maximum Gasteiger partial charge on any atom is 0.472 e. The highest BCUT2D eigenvalue weighted by Gasteiger charge is 2.27. The molecule has 0 aliphatic heterocycles. The summed E-state index contributed by atoms with van der Waals surface area (Å²) in [5.74, 6) is -0.209. The highest BCUT2D eigenvalue weighted by Crippen LogP contribution is 2.43. The van der Waals surface area contributed by atoms with Crippen molar-refractivity contribution < 1.29 is 32.9 Å². The van der Waals surface area contributed by atoms with E-state index in [0.29, 0.717) is 17.4 Å². The smallest absolute Gasteiger partial charge is 0.387 e. The van der Waals surface area contributed by atoms with Gasteiger partial charge in [0, 0.05) is 6.42 Å². The largest absolute Gasteiger partial charge is 0.472 e. The van der Waals surface area contributed by atoms with Crippen molar-refractivity contribution in [3.8, 4) is 0 Å². The molecule has 0 saturated carbocycles. The molecule has 0 bridgehead atoms. The maximum absolute atomic E-state index is 12.8. The quantitative estimate of drug-likeness (QED) is 0.0252. The number of hydrogen-bond acceptors (Lipinski definition) is 5. The second-order valence-electron chi connectivity index (χ2n) is 15.3. The summed E-state index contributed by atoms with van der Waals surface area (Å²) < 4.78 is 23.5. The van der Waals surface area contributed by atoms with Gasteiger partial charge in [0.05, 0.1) is 39.9 Å². The number of allylic oxidation sites excluding steroid dienone is 9. The summed E-state index contributed by atoms with van der Waals surface area (Å²) in [7, 11) is 1.53. The van der Waals surface area contributed by atoms with Gasteiger partial charge in [-0.3, -0.25) is 13.8 Å². The van der Waals surface area contributed by atoms with Crippen LogP contribution in [0.25, 0.3) is 0 Å². The fourth-order valence-electron chi connectivity index (χ4n) is 5.51. The Morgan fingerprint density at radius 3 is 1.66 bits per heavy atom. The van der Waals surface area contributed by atoms with Crippen LogP contribution in [0.3, 0.4) is 0 Å². The zero-order valence-corrected chi connectivity index (χ0v) is 35.6. The van der Waals surface area contributed by atoms with Crippen molar-refractivity contribution in [2.24, 2.45) is 0 Å². The molecule has 0 fully saturated rings. The lowest BCUT2D eigenvalue weighted by molar-refractivity contribution is -0.870. The van der Waals surface area contributed by atoms with E-state index in [-0.39, 0.29) is 19.1 Å². The number of nitrogens with one attached hydrogen (secondary N) is 1. The third kappa shape index (κ3) is 38.3. The topological polar surface area (TPSA) is 105 Å². The predicted molar refractivity (Wildman–Crippen MR) is 226 cm³/mol. The number of unbranched alkanes of at least 4 members (excludes halogenated alkanes) is 16. The number of phosphoric acid groups is 1. The molecular weight excluding hydrogens is 683 g/mol. The second kappa shape index (κ2) is 35.9. The molecule has 3 unspecified atom stereocenters. The molecule has 0 aliphatic carbocycles. The Labute approximate surface area is 326 Å². The Hall–Kier alpha value is -1.80. The van der Waals surface area contributed by atoms with Crippen LogP contribution < -0.4 is 5.32 Å². The van der Waals surface area contributed by atoms with Crippen molar-refractivity contribution >= 4 is 13.7 Å². The maximum atomic E-state index is 12.8. The molecule has 53 heavy (non-hydrogen) atoms. The van der Waals surface area contributed by atoms with Crippen molar-refractivity contribution in [3.05, 3.63) is 60.8 Å². The summed E-state index contributed by atoms with van der Waals surface area (Å²) in [5, 5.41) is 13.8. The SMILES string of the molecule is CCCCC/C=C\C/C=C\CCCCCCCC(=O)NC(COP(=O)(O)OCC[N+](C)(C)C)C(O)/C=C/CC/C=C/CC/C=C/CCCCCCCC. The average Bonchev–Trinajstić information content (AvgIpc) is 3.10. The van der Waals surface area contributed by atoms with E-state index in [4.69, 9.17) is 9.05 Å². The van der Waals surface area contributed by atoms with Gasteiger partial charge in [-0.15, -0.1) is 0 Å². The molecule has 0 spiro atoms. The van der Waals surface area contributed by atoms with Gasteiger partial charge >= 0.3 is 7.82 Å². The van der Waals surface area contributed by atoms with Gasteiger partial charge in [0.1, 0.15) is 13.2 Å². The van der Waals surface area contributed by atoms with Crippen LogP contribution >= 0.6 is 7.82 Å². The third-order valence-electron chi connectivity index (χ3n) is 8.94. The number of nitrogens with zero attached hydrogens (tertiary/aromatic N) is 1. The fourth-order valence-corrected chi connectivity index (χ4v) is 6.25.